The molecule has 0 saturated carbocycles. The normalized spacial score (nSPS) is 11.7. The van der Waals surface area contributed by atoms with Crippen LogP contribution in [0.15, 0.2) is 42.2 Å². The highest BCUT2D eigenvalue weighted by molar-refractivity contribution is 7.50. The van der Waals surface area contributed by atoms with E-state index in [9.17, 15) is 0 Å². The molecule has 0 aliphatic rings. The van der Waals surface area contributed by atoms with Gasteiger partial charge in [0.1, 0.15) is 0 Å². The summed E-state index contributed by atoms with van der Waals surface area (Å²) in [5, 5.41) is 1.40. The first-order chi connectivity index (χ1) is 4.93. The molecule has 1 heteroatoms. The summed E-state index contributed by atoms with van der Waals surface area (Å²) in [5.74, 6) is 2.19. The van der Waals surface area contributed by atoms with Gasteiger partial charge in [0.2, 0.25) is 0 Å². The summed E-state index contributed by atoms with van der Waals surface area (Å²) in [6.07, 6.45) is 2.09. The Kier molecular flexibility index (Phi) is 3.18. The van der Waals surface area contributed by atoms with E-state index in [0.717, 1.165) is 8.58 Å². The Morgan fingerprint density at radius 3 is 2.50 bits per heavy atom. The fourth-order valence-electron chi connectivity index (χ4n) is 0.714. The maximum atomic E-state index is 2.19. The number of hydrogen-bond acceptors (Lipinski definition) is 0. The minimum atomic E-state index is 0.824. The van der Waals surface area contributed by atoms with Crippen LogP contribution < -0.4 is 5.30 Å². The summed E-state index contributed by atoms with van der Waals surface area (Å²) < 4.78 is 0. The zero-order valence-corrected chi connectivity index (χ0v) is 7.04. The molecule has 1 aromatic rings. The second-order valence-corrected chi connectivity index (χ2v) is 3.21. The van der Waals surface area contributed by atoms with Gasteiger partial charge in [0.25, 0.3) is 0 Å². The monoisotopic (exact) mass is 150 g/mol. The van der Waals surface area contributed by atoms with Gasteiger partial charge < -0.3 is 0 Å². The van der Waals surface area contributed by atoms with Crippen LogP contribution in [0.3, 0.4) is 0 Å². The molecule has 0 N–H and O–H groups in total. The Labute approximate surface area is 63.8 Å². The first-order valence-corrected chi connectivity index (χ1v) is 4.44. The van der Waals surface area contributed by atoms with Gasteiger partial charge in [-0.1, -0.05) is 50.8 Å². The van der Waals surface area contributed by atoms with Gasteiger partial charge in [-0.15, -0.1) is 0 Å². The summed E-state index contributed by atoms with van der Waals surface area (Å²) in [6.45, 7) is 2.05. The molecule has 0 spiro atoms. The maximum absolute atomic E-state index is 2.19. The van der Waals surface area contributed by atoms with Crippen molar-refractivity contribution in [3.8, 4) is 0 Å². The fourth-order valence-corrected chi connectivity index (χ4v) is 1.46. The van der Waals surface area contributed by atoms with Crippen molar-refractivity contribution in [2.75, 3.05) is 0 Å². The van der Waals surface area contributed by atoms with Crippen LogP contribution in [0, 0.1) is 0 Å². The van der Waals surface area contributed by atoms with E-state index < -0.39 is 0 Å². The Balaban J connectivity index is 2.59. The topological polar surface area (TPSA) is 0 Å². The van der Waals surface area contributed by atoms with Gasteiger partial charge in [-0.05, 0) is 12.2 Å². The van der Waals surface area contributed by atoms with Gasteiger partial charge in [0, 0.05) is 0 Å². The van der Waals surface area contributed by atoms with Crippen LogP contribution >= 0.6 is 8.58 Å². The van der Waals surface area contributed by atoms with Crippen LogP contribution in [0.4, 0.5) is 0 Å². The predicted molar refractivity (Wildman–Crippen MR) is 49.2 cm³/mol. The summed E-state index contributed by atoms with van der Waals surface area (Å²) >= 11 is 0. The lowest BCUT2D eigenvalue weighted by Crippen LogP contribution is -1.87. The smallest absolute Gasteiger partial charge is 0.0232 e. The molecule has 0 aliphatic carbocycles. The molecule has 0 bridgehead atoms. The van der Waals surface area contributed by atoms with E-state index in [1.165, 1.54) is 5.30 Å². The molecule has 52 valence electrons. The van der Waals surface area contributed by atoms with Crippen LogP contribution in [0.25, 0.3) is 0 Å². The lowest BCUT2D eigenvalue weighted by atomic mass is 10.4. The van der Waals surface area contributed by atoms with Crippen molar-refractivity contribution in [2.45, 2.75) is 6.92 Å². The van der Waals surface area contributed by atoms with Gasteiger partial charge in [-0.2, -0.15) is 0 Å². The fraction of sp³-hybridized carbons (Fsp3) is 0.111. The molecule has 0 heterocycles. The van der Waals surface area contributed by atoms with Crippen molar-refractivity contribution in [3.63, 3.8) is 0 Å². The lowest BCUT2D eigenvalue weighted by Gasteiger charge is -1.92. The molecule has 10 heavy (non-hydrogen) atoms. The van der Waals surface area contributed by atoms with Crippen LogP contribution in [-0.4, -0.2) is 0 Å². The summed E-state index contributed by atoms with van der Waals surface area (Å²) in [6, 6.07) is 10.5. The third-order valence-corrected chi connectivity index (χ3v) is 2.36. The molecule has 1 atom stereocenters. The average Bonchev–Trinajstić information content (AvgIpc) is 2.03. The second kappa shape index (κ2) is 4.24. The standard InChI is InChI=1S/C9H11P/c1-2-8-10-9-6-4-3-5-7-9/h2-8,10H,1H3. The third kappa shape index (κ3) is 2.33. The van der Waals surface area contributed by atoms with Gasteiger partial charge in [-0.3, -0.25) is 0 Å². The predicted octanol–water partition coefficient (Wildman–Crippen LogP) is 2.52. The number of benzene rings is 1. The van der Waals surface area contributed by atoms with Crippen LogP contribution in [0.1, 0.15) is 6.92 Å². The number of rotatable bonds is 2. The van der Waals surface area contributed by atoms with E-state index in [2.05, 4.69) is 43.1 Å². The Morgan fingerprint density at radius 1 is 1.20 bits per heavy atom. The molecule has 0 aromatic heterocycles. The highest BCUT2D eigenvalue weighted by atomic mass is 31.1. The molecule has 0 fully saturated rings. The summed E-state index contributed by atoms with van der Waals surface area (Å²) in [4.78, 5) is 0. The highest BCUT2D eigenvalue weighted by Gasteiger charge is 1.82. The molecular weight excluding hydrogens is 139 g/mol. The Morgan fingerprint density at radius 2 is 1.90 bits per heavy atom. The molecule has 1 aromatic carbocycles. The van der Waals surface area contributed by atoms with Gasteiger partial charge in [-0.25, -0.2) is 0 Å². The first-order valence-electron chi connectivity index (χ1n) is 3.36. The Hall–Kier alpha value is -0.610. The van der Waals surface area contributed by atoms with Gasteiger partial charge >= 0.3 is 0 Å². The zero-order chi connectivity index (χ0) is 7.23. The Bertz CT molecular complexity index is 201. The second-order valence-electron chi connectivity index (χ2n) is 2.01. The quantitative estimate of drug-likeness (QED) is 0.568. The minimum absolute atomic E-state index is 0.824. The van der Waals surface area contributed by atoms with Crippen LogP contribution in [-0.2, 0) is 0 Å². The minimum Gasteiger partial charge on any atom is -0.0871 e. The van der Waals surface area contributed by atoms with E-state index in [0.29, 0.717) is 0 Å². The molecule has 1 rings (SSSR count). The van der Waals surface area contributed by atoms with Crippen molar-refractivity contribution < 1.29 is 0 Å². The molecule has 0 nitrogen and oxygen atoms in total. The SMILES string of the molecule is CC=CPc1ccccc1. The van der Waals surface area contributed by atoms with E-state index in [4.69, 9.17) is 0 Å². The van der Waals surface area contributed by atoms with E-state index >= 15 is 0 Å². The molecule has 1 unspecified atom stereocenters. The molecule has 0 aliphatic heterocycles. The number of hydrogen-bond donors (Lipinski definition) is 0. The van der Waals surface area contributed by atoms with Crippen LogP contribution in [0.5, 0.6) is 0 Å². The van der Waals surface area contributed by atoms with Crippen molar-refractivity contribution in [3.05, 3.63) is 42.2 Å². The van der Waals surface area contributed by atoms with Gasteiger partial charge in [0.05, 0.1) is 0 Å². The number of allylic oxidation sites excluding steroid dienone is 1. The van der Waals surface area contributed by atoms with Crippen molar-refractivity contribution >= 4 is 13.9 Å². The molecular formula is C9H11P. The zero-order valence-electron chi connectivity index (χ0n) is 6.04. The highest BCUT2D eigenvalue weighted by Crippen LogP contribution is 2.09. The first kappa shape index (κ1) is 7.50. The third-order valence-electron chi connectivity index (χ3n) is 1.19. The molecule has 0 saturated heterocycles. The lowest BCUT2D eigenvalue weighted by molar-refractivity contribution is 1.77. The van der Waals surface area contributed by atoms with E-state index in [-0.39, 0.29) is 0 Å². The van der Waals surface area contributed by atoms with Gasteiger partial charge in [0.15, 0.2) is 0 Å². The van der Waals surface area contributed by atoms with Crippen molar-refractivity contribution in [1.29, 1.82) is 0 Å². The summed E-state index contributed by atoms with van der Waals surface area (Å²) in [7, 11) is 0.824. The van der Waals surface area contributed by atoms with Crippen LogP contribution in [0.2, 0.25) is 0 Å². The largest absolute Gasteiger partial charge is 0.0871 e. The molecule has 0 radical (unpaired) electrons. The molecule has 0 amide bonds. The van der Waals surface area contributed by atoms with Crippen molar-refractivity contribution in [2.24, 2.45) is 0 Å². The summed E-state index contributed by atoms with van der Waals surface area (Å²) in [5.41, 5.74) is 0. The van der Waals surface area contributed by atoms with E-state index in [1.807, 2.05) is 6.07 Å². The van der Waals surface area contributed by atoms with Crippen molar-refractivity contribution in [1.82, 2.24) is 0 Å². The van der Waals surface area contributed by atoms with E-state index in [1.54, 1.807) is 0 Å². The average molecular weight is 150 g/mol. The maximum Gasteiger partial charge on any atom is -0.0232 e.